The maximum Gasteiger partial charge on any atom is 0.459 e. The minimum absolute atomic E-state index is 0.0639. The Morgan fingerprint density at radius 1 is 1.27 bits per heavy atom. The Hall–Kier alpha value is -4.33. The van der Waals surface area contributed by atoms with Gasteiger partial charge in [-0.05, 0) is 39.8 Å². The third kappa shape index (κ3) is 7.16. The van der Waals surface area contributed by atoms with Crippen molar-refractivity contribution in [3.63, 3.8) is 0 Å². The highest BCUT2D eigenvalue weighted by molar-refractivity contribution is 7.52. The lowest BCUT2D eigenvalue weighted by Gasteiger charge is -2.26. The molecule has 0 aliphatic carbocycles. The van der Waals surface area contributed by atoms with Gasteiger partial charge in [0.25, 0.3) is 0 Å². The summed E-state index contributed by atoms with van der Waals surface area (Å²) in [7, 11) is -3.14. The van der Waals surface area contributed by atoms with Gasteiger partial charge in [-0.3, -0.25) is 18.7 Å². The van der Waals surface area contributed by atoms with Crippen molar-refractivity contribution in [2.24, 2.45) is 5.41 Å². The number of aliphatic hydroxyl groups excluding tert-OH is 1. The van der Waals surface area contributed by atoms with Crippen LogP contribution in [-0.4, -0.2) is 74.6 Å². The van der Waals surface area contributed by atoms with Crippen molar-refractivity contribution < 1.29 is 47.3 Å². The van der Waals surface area contributed by atoms with Crippen LogP contribution in [0.25, 0.3) is 11.2 Å². The van der Waals surface area contributed by atoms with E-state index in [1.807, 2.05) is 0 Å². The molecular formula is C27H34N7O10P. The van der Waals surface area contributed by atoms with E-state index in [0.717, 1.165) is 0 Å². The molecule has 17 nitrogen and oxygen atoms in total. The van der Waals surface area contributed by atoms with Crippen LogP contribution in [0, 0.1) is 16.7 Å². The fourth-order valence-electron chi connectivity index (χ4n) is 4.52. The summed E-state index contributed by atoms with van der Waals surface area (Å²) < 4.78 is 48.6. The van der Waals surface area contributed by atoms with Crippen molar-refractivity contribution in [3.8, 4) is 23.4 Å². The number of hydrogen-bond acceptors (Lipinski definition) is 15. The minimum Gasteiger partial charge on any atom is -0.479 e. The molecule has 0 spiro atoms. The number of nitrogens with two attached hydrogens (primary N) is 1. The lowest BCUT2D eigenvalue weighted by molar-refractivity contribution is -0.149. The van der Waals surface area contributed by atoms with E-state index in [-0.39, 0.29) is 34.5 Å². The summed E-state index contributed by atoms with van der Waals surface area (Å²) >= 11 is 0. The maximum absolute atomic E-state index is 14.1. The number of aromatic nitrogens is 4. The van der Waals surface area contributed by atoms with Crippen molar-refractivity contribution >= 4 is 36.8 Å². The largest absolute Gasteiger partial charge is 0.479 e. The normalized spacial score (nSPS) is 23.2. The van der Waals surface area contributed by atoms with Gasteiger partial charge in [-0.15, -0.1) is 0 Å². The summed E-state index contributed by atoms with van der Waals surface area (Å²) in [4.78, 5) is 36.6. The van der Waals surface area contributed by atoms with Crippen LogP contribution in [-0.2, 0) is 28.2 Å². The molecule has 242 valence electrons. The Morgan fingerprint density at radius 3 is 2.58 bits per heavy atom. The monoisotopic (exact) mass is 647 g/mol. The average molecular weight is 648 g/mol. The van der Waals surface area contributed by atoms with E-state index in [1.165, 1.54) is 57.0 Å². The number of imidazole rings is 1. The predicted molar refractivity (Wildman–Crippen MR) is 156 cm³/mol. The van der Waals surface area contributed by atoms with Crippen LogP contribution in [0.2, 0.25) is 0 Å². The zero-order chi connectivity index (χ0) is 33.1. The van der Waals surface area contributed by atoms with Gasteiger partial charge in [-0.2, -0.15) is 20.3 Å². The molecule has 18 heteroatoms. The van der Waals surface area contributed by atoms with Crippen molar-refractivity contribution in [1.82, 2.24) is 24.6 Å². The summed E-state index contributed by atoms with van der Waals surface area (Å²) in [5.41, 5.74) is 4.65. The molecule has 6 atom stereocenters. The molecule has 1 unspecified atom stereocenters. The lowest BCUT2D eigenvalue weighted by atomic mass is 9.84. The smallest absolute Gasteiger partial charge is 0.459 e. The molecule has 0 saturated carbocycles. The average Bonchev–Trinajstić information content (AvgIpc) is 3.50. The summed E-state index contributed by atoms with van der Waals surface area (Å²) in [5, 5.41) is 24.0. The highest BCUT2D eigenvalue weighted by atomic mass is 31.2. The number of carbonyl (C=O) groups excluding carboxylic acids is 2. The van der Waals surface area contributed by atoms with Gasteiger partial charge in [-0.25, -0.2) is 9.55 Å². The van der Waals surface area contributed by atoms with Crippen LogP contribution in [0.4, 0.5) is 5.95 Å². The standard InChI is InChI=1S/C27H34N7O10P/c1-14(2)41-24(37)15(3)33-45(38,44-18-10-8-7-9-17(18)42-16(4)35)40-11-19-21(36)27(5,12-28)25(43-19)34-13-30-20-22(34)31-26(29)32-23(20)39-6/h7-10,13-15,19,21,25,36H,11H2,1-6H3,(H,33,38)(H2,29,31,32)/t15-,19+,21+,25+,27+,45?/m0/s1. The molecule has 1 aliphatic rings. The number of nitrogen functional groups attached to an aromatic ring is 1. The van der Waals surface area contributed by atoms with Crippen LogP contribution in [0.3, 0.4) is 0 Å². The molecule has 2 aromatic heterocycles. The van der Waals surface area contributed by atoms with Crippen LogP contribution < -0.4 is 24.8 Å². The van der Waals surface area contributed by atoms with Gasteiger partial charge in [0.2, 0.25) is 11.8 Å². The molecule has 4 rings (SSSR count). The molecular weight excluding hydrogens is 613 g/mol. The summed E-state index contributed by atoms with van der Waals surface area (Å²) in [6, 6.07) is 6.78. The third-order valence-corrected chi connectivity index (χ3v) is 8.29. The van der Waals surface area contributed by atoms with Gasteiger partial charge >= 0.3 is 19.7 Å². The predicted octanol–water partition coefficient (Wildman–Crippen LogP) is 2.26. The number of methoxy groups -OCH3 is 1. The molecule has 1 aliphatic heterocycles. The number of nitrogens with one attached hydrogen (secondary N) is 1. The second kappa shape index (κ2) is 13.3. The van der Waals surface area contributed by atoms with Crippen LogP contribution in [0.1, 0.15) is 40.8 Å². The highest BCUT2D eigenvalue weighted by Gasteiger charge is 2.56. The number of nitrogens with zero attached hydrogens (tertiary/aromatic N) is 5. The molecule has 0 amide bonds. The molecule has 45 heavy (non-hydrogen) atoms. The maximum atomic E-state index is 14.1. The quantitative estimate of drug-likeness (QED) is 0.145. The number of esters is 2. The number of rotatable bonds is 12. The van der Waals surface area contributed by atoms with E-state index in [9.17, 15) is 24.5 Å². The van der Waals surface area contributed by atoms with Gasteiger partial charge in [0, 0.05) is 6.92 Å². The molecule has 3 aromatic rings. The van der Waals surface area contributed by atoms with Crippen LogP contribution in [0.15, 0.2) is 30.6 Å². The topological polar surface area (TPSA) is 232 Å². The number of benzene rings is 1. The molecule has 0 radical (unpaired) electrons. The van der Waals surface area contributed by atoms with Crippen LogP contribution >= 0.6 is 7.75 Å². The van der Waals surface area contributed by atoms with Crippen molar-refractivity contribution in [1.29, 1.82) is 5.26 Å². The Bertz CT molecular complexity index is 1660. The molecule has 0 bridgehead atoms. The molecule has 1 saturated heterocycles. The van der Waals surface area contributed by atoms with Crippen molar-refractivity contribution in [2.75, 3.05) is 19.5 Å². The van der Waals surface area contributed by atoms with Gasteiger partial charge < -0.3 is 34.3 Å². The Labute approximate surface area is 258 Å². The van der Waals surface area contributed by atoms with Crippen LogP contribution in [0.5, 0.6) is 17.4 Å². The number of para-hydroxylation sites is 2. The summed E-state index contributed by atoms with van der Waals surface area (Å²) in [6.45, 7) is 6.73. The SMILES string of the molecule is COc1nc(N)nc2c1ncn2[C@@H]1O[C@H](COP(=O)(N[C@@H](C)C(=O)OC(C)C)Oc2ccccc2OC(C)=O)[C@@H](O)[C@@]1(C)C#N. The zero-order valence-corrected chi connectivity index (χ0v) is 26.3. The van der Waals surface area contributed by atoms with E-state index in [0.29, 0.717) is 0 Å². The molecule has 3 heterocycles. The number of carbonyl (C=O) groups is 2. The molecule has 1 fully saturated rings. The first-order valence-electron chi connectivity index (χ1n) is 13.7. The van der Waals surface area contributed by atoms with Crippen molar-refractivity contribution in [3.05, 3.63) is 30.6 Å². The summed E-state index contributed by atoms with van der Waals surface area (Å²) in [6.07, 6.45) is -3.04. The van der Waals surface area contributed by atoms with Gasteiger partial charge in [0.05, 0.1) is 32.2 Å². The minimum atomic E-state index is -4.52. The number of nitriles is 1. The van der Waals surface area contributed by atoms with Gasteiger partial charge in [0.15, 0.2) is 28.9 Å². The zero-order valence-electron chi connectivity index (χ0n) is 25.4. The highest BCUT2D eigenvalue weighted by Crippen LogP contribution is 2.51. The fourth-order valence-corrected chi connectivity index (χ4v) is 6.03. The second-order valence-corrected chi connectivity index (χ2v) is 12.2. The Balaban J connectivity index is 1.64. The number of ether oxygens (including phenoxy) is 4. The number of anilines is 1. The summed E-state index contributed by atoms with van der Waals surface area (Å²) in [5.74, 6) is -1.64. The van der Waals surface area contributed by atoms with Gasteiger partial charge in [-0.1, -0.05) is 12.1 Å². The molecule has 1 aromatic carbocycles. The third-order valence-electron chi connectivity index (χ3n) is 6.66. The van der Waals surface area contributed by atoms with E-state index < -0.39 is 62.3 Å². The first-order valence-corrected chi connectivity index (χ1v) is 15.2. The first kappa shape index (κ1) is 33.6. The van der Waals surface area contributed by atoms with Gasteiger partial charge in [0.1, 0.15) is 23.7 Å². The van der Waals surface area contributed by atoms with E-state index in [1.54, 1.807) is 19.9 Å². The number of fused-ring (bicyclic) bond motifs is 1. The van der Waals surface area contributed by atoms with Crippen molar-refractivity contribution in [2.45, 2.75) is 65.2 Å². The first-order chi connectivity index (χ1) is 21.2. The number of aliphatic hydroxyl groups is 1. The van der Waals surface area contributed by atoms with E-state index in [2.05, 4.69) is 26.1 Å². The Kier molecular flexibility index (Phi) is 9.95. The molecule has 4 N–H and O–H groups in total. The Morgan fingerprint density at radius 2 is 1.96 bits per heavy atom. The second-order valence-electron chi connectivity index (χ2n) is 10.5. The number of hydrogen-bond donors (Lipinski definition) is 3. The lowest BCUT2D eigenvalue weighted by Crippen LogP contribution is -2.39. The van der Waals surface area contributed by atoms with E-state index in [4.69, 9.17) is 33.7 Å². The van der Waals surface area contributed by atoms with E-state index >= 15 is 0 Å². The fraction of sp³-hybridized carbons (Fsp3) is 0.481.